The molecule has 2 rings (SSSR count). The molecule has 0 fully saturated rings. The van der Waals surface area contributed by atoms with Crippen molar-refractivity contribution >= 4 is 34.7 Å². The Labute approximate surface area is 126 Å². The summed E-state index contributed by atoms with van der Waals surface area (Å²) >= 11 is 6.30. The Morgan fingerprint density at radius 1 is 1.16 bits per heavy atom. The lowest BCUT2D eigenvalue weighted by Crippen LogP contribution is -2.04. The van der Waals surface area contributed by atoms with Crippen molar-refractivity contribution in [3.63, 3.8) is 0 Å². The van der Waals surface area contributed by atoms with Gasteiger partial charge >= 0.3 is 0 Å². The van der Waals surface area contributed by atoms with Gasteiger partial charge in [0.1, 0.15) is 0 Å². The summed E-state index contributed by atoms with van der Waals surface area (Å²) in [6.07, 6.45) is 7.88. The topological polar surface area (TPSA) is 0 Å². The summed E-state index contributed by atoms with van der Waals surface area (Å²) in [7, 11) is 0. The maximum atomic E-state index is 4.36. The van der Waals surface area contributed by atoms with E-state index in [0.717, 1.165) is 11.7 Å². The van der Waals surface area contributed by atoms with E-state index in [9.17, 15) is 0 Å². The van der Waals surface area contributed by atoms with E-state index in [4.69, 9.17) is 0 Å². The summed E-state index contributed by atoms with van der Waals surface area (Å²) < 4.78 is 0. The largest absolute Gasteiger partial charge is 0.179 e. The first kappa shape index (κ1) is 14.9. The average Bonchev–Trinajstić information content (AvgIpc) is 2.85. The summed E-state index contributed by atoms with van der Waals surface area (Å²) in [6.45, 7) is 2.29. The van der Waals surface area contributed by atoms with Crippen LogP contribution >= 0.6 is 24.0 Å². The van der Waals surface area contributed by atoms with Crippen LogP contribution in [0.25, 0.3) is 10.8 Å². The number of hydrogen-bond acceptors (Lipinski definition) is 2. The van der Waals surface area contributed by atoms with Gasteiger partial charge in [-0.25, -0.2) is 0 Å². The fourth-order valence-corrected chi connectivity index (χ4v) is 4.00. The first-order valence-corrected chi connectivity index (χ1v) is 8.92. The molecule has 104 valence electrons. The van der Waals surface area contributed by atoms with Crippen LogP contribution in [0.3, 0.4) is 0 Å². The van der Waals surface area contributed by atoms with E-state index in [1.54, 1.807) is 4.88 Å². The quantitative estimate of drug-likeness (QED) is 0.570. The highest BCUT2D eigenvalue weighted by molar-refractivity contribution is 7.80. The lowest BCUT2D eigenvalue weighted by Gasteiger charge is -2.15. The van der Waals surface area contributed by atoms with E-state index in [2.05, 4.69) is 49.2 Å². The van der Waals surface area contributed by atoms with Crippen LogP contribution in [0, 0.1) is 5.92 Å². The van der Waals surface area contributed by atoms with Crippen LogP contribution in [-0.4, -0.2) is 5.75 Å². The van der Waals surface area contributed by atoms with E-state index in [0.29, 0.717) is 0 Å². The summed E-state index contributed by atoms with van der Waals surface area (Å²) in [4.78, 5) is 1.58. The summed E-state index contributed by atoms with van der Waals surface area (Å²) in [5.41, 5.74) is 0. The maximum Gasteiger partial charge on any atom is 0.0127 e. The van der Waals surface area contributed by atoms with Gasteiger partial charge < -0.3 is 0 Å². The Kier molecular flexibility index (Phi) is 6.25. The number of hydrogen-bond donors (Lipinski definition) is 1. The molecule has 1 atom stereocenters. The van der Waals surface area contributed by atoms with Gasteiger partial charge in [-0.1, -0.05) is 50.5 Å². The van der Waals surface area contributed by atoms with Gasteiger partial charge in [0, 0.05) is 4.88 Å². The maximum absolute atomic E-state index is 4.36. The lowest BCUT2D eigenvalue weighted by molar-refractivity contribution is 0.432. The monoisotopic (exact) mass is 292 g/mol. The number of thiophene rings is 1. The molecule has 0 saturated heterocycles. The Balaban J connectivity index is 2.06. The number of rotatable bonds is 8. The van der Waals surface area contributed by atoms with Crippen molar-refractivity contribution in [3.05, 3.63) is 34.5 Å². The molecule has 0 spiro atoms. The molecular weight excluding hydrogens is 268 g/mol. The zero-order chi connectivity index (χ0) is 13.5. The molecule has 2 aromatic rings. The molecule has 1 aromatic carbocycles. The molecule has 0 aliphatic heterocycles. The van der Waals surface area contributed by atoms with Gasteiger partial charge in [0.2, 0.25) is 0 Å². The van der Waals surface area contributed by atoms with Gasteiger partial charge in [-0.05, 0) is 47.1 Å². The molecule has 0 N–H and O–H groups in total. The minimum absolute atomic E-state index is 0.842. The Morgan fingerprint density at radius 2 is 1.95 bits per heavy atom. The SMILES string of the molecule is CCCCC(CCCS)Cc1scc2ccccc12. The molecule has 0 amide bonds. The average molecular weight is 293 g/mol. The number of benzene rings is 1. The van der Waals surface area contributed by atoms with Crippen LogP contribution in [0.15, 0.2) is 29.6 Å². The third-order valence-electron chi connectivity index (χ3n) is 3.80. The fraction of sp³-hybridized carbons (Fsp3) is 0.529. The normalized spacial score (nSPS) is 12.9. The fourth-order valence-electron chi connectivity index (χ4n) is 2.69. The molecule has 19 heavy (non-hydrogen) atoms. The summed E-state index contributed by atoms with van der Waals surface area (Å²) in [5.74, 6) is 1.86. The second-order valence-corrected chi connectivity index (χ2v) is 6.74. The van der Waals surface area contributed by atoms with E-state index >= 15 is 0 Å². The van der Waals surface area contributed by atoms with Crippen molar-refractivity contribution in [2.75, 3.05) is 5.75 Å². The zero-order valence-electron chi connectivity index (χ0n) is 11.8. The van der Waals surface area contributed by atoms with E-state index in [1.165, 1.54) is 49.3 Å². The summed E-state index contributed by atoms with van der Waals surface area (Å²) in [5, 5.41) is 5.19. The smallest absolute Gasteiger partial charge is 0.0127 e. The van der Waals surface area contributed by atoms with Crippen molar-refractivity contribution in [3.8, 4) is 0 Å². The van der Waals surface area contributed by atoms with Crippen LogP contribution in [0.5, 0.6) is 0 Å². The third kappa shape index (κ3) is 4.25. The molecule has 0 aliphatic rings. The van der Waals surface area contributed by atoms with Crippen LogP contribution in [-0.2, 0) is 6.42 Å². The molecule has 2 heteroatoms. The molecule has 0 saturated carbocycles. The third-order valence-corrected chi connectivity index (χ3v) is 5.16. The van der Waals surface area contributed by atoms with E-state index in [1.807, 2.05) is 11.3 Å². The van der Waals surface area contributed by atoms with Crippen LogP contribution in [0.1, 0.15) is 43.9 Å². The van der Waals surface area contributed by atoms with Gasteiger partial charge in [0.25, 0.3) is 0 Å². The van der Waals surface area contributed by atoms with E-state index < -0.39 is 0 Å². The second kappa shape index (κ2) is 7.96. The Bertz CT molecular complexity index is 479. The molecule has 0 nitrogen and oxygen atoms in total. The molecule has 1 heterocycles. The second-order valence-electron chi connectivity index (χ2n) is 5.32. The highest BCUT2D eigenvalue weighted by Crippen LogP contribution is 2.30. The van der Waals surface area contributed by atoms with Crippen molar-refractivity contribution in [2.45, 2.75) is 45.4 Å². The molecular formula is C17H24S2. The van der Waals surface area contributed by atoms with Gasteiger partial charge in [-0.2, -0.15) is 12.6 Å². The Morgan fingerprint density at radius 3 is 2.74 bits per heavy atom. The van der Waals surface area contributed by atoms with Crippen molar-refractivity contribution in [1.29, 1.82) is 0 Å². The predicted octanol–water partition coefficient (Wildman–Crippen LogP) is 5.96. The molecule has 0 aliphatic carbocycles. The van der Waals surface area contributed by atoms with Gasteiger partial charge in [0.15, 0.2) is 0 Å². The highest BCUT2D eigenvalue weighted by atomic mass is 32.1. The van der Waals surface area contributed by atoms with E-state index in [-0.39, 0.29) is 0 Å². The van der Waals surface area contributed by atoms with Crippen LogP contribution in [0.2, 0.25) is 0 Å². The first-order valence-electron chi connectivity index (χ1n) is 7.41. The van der Waals surface area contributed by atoms with Crippen molar-refractivity contribution in [1.82, 2.24) is 0 Å². The van der Waals surface area contributed by atoms with Gasteiger partial charge in [-0.3, -0.25) is 0 Å². The summed E-state index contributed by atoms with van der Waals surface area (Å²) in [6, 6.07) is 8.79. The molecule has 0 bridgehead atoms. The van der Waals surface area contributed by atoms with Crippen molar-refractivity contribution < 1.29 is 0 Å². The standard InChI is InChI=1S/C17H24S2/c1-2-3-7-14(8-6-11-18)12-17-16-10-5-4-9-15(16)13-19-17/h4-5,9-10,13-14,18H,2-3,6-8,11-12H2,1H3. The minimum atomic E-state index is 0.842. The van der Waals surface area contributed by atoms with Crippen LogP contribution < -0.4 is 0 Å². The Hall–Kier alpha value is -0.470. The predicted molar refractivity (Wildman–Crippen MR) is 91.6 cm³/mol. The first-order chi connectivity index (χ1) is 9.35. The van der Waals surface area contributed by atoms with Gasteiger partial charge in [-0.15, -0.1) is 11.3 Å². The zero-order valence-corrected chi connectivity index (χ0v) is 13.5. The highest BCUT2D eigenvalue weighted by Gasteiger charge is 2.12. The lowest BCUT2D eigenvalue weighted by atomic mass is 9.92. The number of unbranched alkanes of at least 4 members (excludes halogenated alkanes) is 1. The van der Waals surface area contributed by atoms with Gasteiger partial charge in [0.05, 0.1) is 0 Å². The number of thiol groups is 1. The van der Waals surface area contributed by atoms with Crippen LogP contribution in [0.4, 0.5) is 0 Å². The molecule has 1 unspecified atom stereocenters. The number of fused-ring (bicyclic) bond motifs is 1. The molecule has 0 radical (unpaired) electrons. The minimum Gasteiger partial charge on any atom is -0.179 e. The molecule has 1 aromatic heterocycles. The van der Waals surface area contributed by atoms with Crippen molar-refractivity contribution in [2.24, 2.45) is 5.92 Å².